The number of carbonyl (C=O) groups is 1. The van der Waals surface area contributed by atoms with E-state index in [0.717, 1.165) is 35.0 Å². The van der Waals surface area contributed by atoms with Gasteiger partial charge < -0.3 is 16.0 Å². The Balaban J connectivity index is 1.60. The largest absolute Gasteiger partial charge is 0.370 e. The predicted octanol–water partition coefficient (Wildman–Crippen LogP) is 4.45. The van der Waals surface area contributed by atoms with Crippen molar-refractivity contribution in [2.24, 2.45) is 0 Å². The number of hydrogen-bond acceptors (Lipinski definition) is 5. The molecule has 1 amide bonds. The van der Waals surface area contributed by atoms with E-state index >= 15 is 0 Å². The maximum absolute atomic E-state index is 12.2. The van der Waals surface area contributed by atoms with Crippen LogP contribution in [0.25, 0.3) is 0 Å². The zero-order valence-corrected chi connectivity index (χ0v) is 16.4. The van der Waals surface area contributed by atoms with E-state index in [1.807, 2.05) is 75.4 Å². The number of amides is 1. The standard InChI is InChI=1S/C22H25N5O/c1-4-23-20-13-16(3)24-22(27-20)26-19-11-9-18(10-12-19)25-21(28)14-17-7-5-15(2)6-8-17/h5-13H,4,14H2,1-3H3,(H,25,28)(H2,23,24,26,27). The van der Waals surface area contributed by atoms with Crippen molar-refractivity contribution in [1.82, 2.24) is 9.97 Å². The van der Waals surface area contributed by atoms with Gasteiger partial charge in [0.25, 0.3) is 0 Å². The molecule has 0 aliphatic rings. The van der Waals surface area contributed by atoms with Crippen LogP contribution in [0.3, 0.4) is 0 Å². The van der Waals surface area contributed by atoms with E-state index in [4.69, 9.17) is 0 Å². The summed E-state index contributed by atoms with van der Waals surface area (Å²) in [4.78, 5) is 21.1. The average molecular weight is 375 g/mol. The lowest BCUT2D eigenvalue weighted by atomic mass is 10.1. The van der Waals surface area contributed by atoms with E-state index in [-0.39, 0.29) is 5.91 Å². The molecule has 0 saturated carbocycles. The maximum Gasteiger partial charge on any atom is 0.229 e. The van der Waals surface area contributed by atoms with Crippen molar-refractivity contribution in [3.8, 4) is 0 Å². The van der Waals surface area contributed by atoms with Gasteiger partial charge in [-0.05, 0) is 50.6 Å². The lowest BCUT2D eigenvalue weighted by molar-refractivity contribution is -0.115. The minimum Gasteiger partial charge on any atom is -0.370 e. The van der Waals surface area contributed by atoms with Crippen molar-refractivity contribution < 1.29 is 4.79 Å². The van der Waals surface area contributed by atoms with Crippen LogP contribution in [0.2, 0.25) is 0 Å². The molecule has 3 N–H and O–H groups in total. The molecule has 3 rings (SSSR count). The van der Waals surface area contributed by atoms with Crippen LogP contribution in [0.5, 0.6) is 0 Å². The number of nitrogens with zero attached hydrogens (tertiary/aromatic N) is 2. The molecule has 0 radical (unpaired) electrons. The summed E-state index contributed by atoms with van der Waals surface area (Å²) in [5.41, 5.74) is 4.66. The first-order valence-corrected chi connectivity index (χ1v) is 9.34. The molecule has 0 bridgehead atoms. The first kappa shape index (κ1) is 19.4. The Kier molecular flexibility index (Phi) is 6.22. The summed E-state index contributed by atoms with van der Waals surface area (Å²) in [5.74, 6) is 1.28. The van der Waals surface area contributed by atoms with E-state index in [9.17, 15) is 4.79 Å². The van der Waals surface area contributed by atoms with Crippen LogP contribution in [-0.4, -0.2) is 22.4 Å². The van der Waals surface area contributed by atoms with E-state index in [1.165, 1.54) is 5.56 Å². The number of rotatable bonds is 7. The lowest BCUT2D eigenvalue weighted by Crippen LogP contribution is -2.14. The molecule has 0 aliphatic heterocycles. The Morgan fingerprint density at radius 3 is 2.29 bits per heavy atom. The third-order valence-electron chi connectivity index (χ3n) is 4.12. The summed E-state index contributed by atoms with van der Waals surface area (Å²) in [6.45, 7) is 6.78. The molecule has 2 aromatic carbocycles. The zero-order chi connectivity index (χ0) is 19.9. The van der Waals surface area contributed by atoms with Crippen molar-refractivity contribution in [2.75, 3.05) is 22.5 Å². The zero-order valence-electron chi connectivity index (χ0n) is 16.4. The summed E-state index contributed by atoms with van der Waals surface area (Å²) >= 11 is 0. The van der Waals surface area contributed by atoms with Crippen LogP contribution in [0.4, 0.5) is 23.1 Å². The third kappa shape index (κ3) is 5.54. The van der Waals surface area contributed by atoms with Crippen molar-refractivity contribution in [3.05, 3.63) is 71.4 Å². The number of anilines is 4. The third-order valence-corrected chi connectivity index (χ3v) is 4.12. The lowest BCUT2D eigenvalue weighted by Gasteiger charge is -2.10. The van der Waals surface area contributed by atoms with Gasteiger partial charge in [-0.1, -0.05) is 29.8 Å². The first-order chi connectivity index (χ1) is 13.5. The quantitative estimate of drug-likeness (QED) is 0.569. The molecule has 0 saturated heterocycles. The van der Waals surface area contributed by atoms with E-state index in [2.05, 4.69) is 25.9 Å². The van der Waals surface area contributed by atoms with Gasteiger partial charge >= 0.3 is 0 Å². The molecule has 0 fully saturated rings. The minimum absolute atomic E-state index is 0.0399. The van der Waals surface area contributed by atoms with Gasteiger partial charge in [0.15, 0.2) is 0 Å². The fraction of sp³-hybridized carbons (Fsp3) is 0.227. The van der Waals surface area contributed by atoms with Crippen molar-refractivity contribution in [1.29, 1.82) is 0 Å². The number of aromatic nitrogens is 2. The summed E-state index contributed by atoms with van der Waals surface area (Å²) in [6, 6.07) is 17.4. The normalized spacial score (nSPS) is 10.4. The Hall–Kier alpha value is -3.41. The van der Waals surface area contributed by atoms with Crippen LogP contribution in [0, 0.1) is 13.8 Å². The molecule has 6 nitrogen and oxygen atoms in total. The monoisotopic (exact) mass is 375 g/mol. The van der Waals surface area contributed by atoms with Crippen LogP contribution >= 0.6 is 0 Å². The summed E-state index contributed by atoms with van der Waals surface area (Å²) in [6.07, 6.45) is 0.352. The van der Waals surface area contributed by atoms with Gasteiger partial charge in [-0.3, -0.25) is 4.79 Å². The van der Waals surface area contributed by atoms with Gasteiger partial charge in [0.2, 0.25) is 11.9 Å². The second-order valence-electron chi connectivity index (χ2n) is 6.66. The maximum atomic E-state index is 12.2. The second-order valence-corrected chi connectivity index (χ2v) is 6.66. The predicted molar refractivity (Wildman–Crippen MR) is 114 cm³/mol. The average Bonchev–Trinajstić information content (AvgIpc) is 2.65. The molecule has 1 heterocycles. The van der Waals surface area contributed by atoms with E-state index < -0.39 is 0 Å². The van der Waals surface area contributed by atoms with Crippen molar-refractivity contribution in [2.45, 2.75) is 27.2 Å². The molecular weight excluding hydrogens is 350 g/mol. The minimum atomic E-state index is -0.0399. The Morgan fingerprint density at radius 1 is 0.929 bits per heavy atom. The highest BCUT2D eigenvalue weighted by molar-refractivity contribution is 5.92. The summed E-state index contributed by atoms with van der Waals surface area (Å²) in [7, 11) is 0. The SMILES string of the molecule is CCNc1cc(C)nc(Nc2ccc(NC(=O)Cc3ccc(C)cc3)cc2)n1. The highest BCUT2D eigenvalue weighted by atomic mass is 16.1. The number of benzene rings is 2. The van der Waals surface area contributed by atoms with Crippen LogP contribution in [-0.2, 0) is 11.2 Å². The molecule has 0 unspecified atom stereocenters. The molecule has 0 aliphatic carbocycles. The van der Waals surface area contributed by atoms with Gasteiger partial charge in [0.1, 0.15) is 5.82 Å². The smallest absolute Gasteiger partial charge is 0.229 e. The van der Waals surface area contributed by atoms with Gasteiger partial charge in [0, 0.05) is 29.7 Å². The van der Waals surface area contributed by atoms with Crippen LogP contribution in [0.1, 0.15) is 23.7 Å². The Bertz CT molecular complexity index is 936. The second kappa shape index (κ2) is 8.99. The molecule has 144 valence electrons. The topological polar surface area (TPSA) is 78.9 Å². The molecule has 0 spiro atoms. The van der Waals surface area contributed by atoms with E-state index in [0.29, 0.717) is 12.4 Å². The molecule has 1 aromatic heterocycles. The Morgan fingerprint density at radius 2 is 1.61 bits per heavy atom. The van der Waals surface area contributed by atoms with Gasteiger partial charge in [-0.2, -0.15) is 4.98 Å². The molecular formula is C22H25N5O. The van der Waals surface area contributed by atoms with Crippen LogP contribution in [0.15, 0.2) is 54.6 Å². The van der Waals surface area contributed by atoms with Gasteiger partial charge in [-0.25, -0.2) is 4.98 Å². The number of aryl methyl sites for hydroxylation is 2. The molecule has 0 atom stereocenters. The Labute approximate surface area is 165 Å². The number of hydrogen-bond donors (Lipinski definition) is 3. The molecule has 6 heteroatoms. The highest BCUT2D eigenvalue weighted by Gasteiger charge is 2.06. The van der Waals surface area contributed by atoms with Crippen molar-refractivity contribution >= 4 is 29.0 Å². The number of nitrogens with one attached hydrogen (secondary N) is 3. The number of carbonyl (C=O) groups excluding carboxylic acids is 1. The van der Waals surface area contributed by atoms with E-state index in [1.54, 1.807) is 0 Å². The summed E-state index contributed by atoms with van der Waals surface area (Å²) in [5, 5.41) is 9.31. The first-order valence-electron chi connectivity index (χ1n) is 9.34. The van der Waals surface area contributed by atoms with Crippen LogP contribution < -0.4 is 16.0 Å². The van der Waals surface area contributed by atoms with Crippen molar-refractivity contribution in [3.63, 3.8) is 0 Å². The fourth-order valence-corrected chi connectivity index (χ4v) is 2.76. The summed E-state index contributed by atoms with van der Waals surface area (Å²) < 4.78 is 0. The molecule has 3 aromatic rings. The fourth-order valence-electron chi connectivity index (χ4n) is 2.76. The highest BCUT2D eigenvalue weighted by Crippen LogP contribution is 2.18. The van der Waals surface area contributed by atoms with Gasteiger partial charge in [-0.15, -0.1) is 0 Å². The molecule has 28 heavy (non-hydrogen) atoms. The van der Waals surface area contributed by atoms with Gasteiger partial charge in [0.05, 0.1) is 6.42 Å².